The summed E-state index contributed by atoms with van der Waals surface area (Å²) in [5, 5.41) is 8.89. The van der Waals surface area contributed by atoms with Crippen LogP contribution in [0.4, 0.5) is 20.4 Å². The van der Waals surface area contributed by atoms with Gasteiger partial charge in [0, 0.05) is 53.1 Å². The number of nitrogens with zero attached hydrogens (tertiary/aromatic N) is 3. The normalized spacial score (nSPS) is 18.8. The van der Waals surface area contributed by atoms with E-state index < -0.39 is 22.9 Å². The summed E-state index contributed by atoms with van der Waals surface area (Å²) in [4.78, 5) is 24.1. The van der Waals surface area contributed by atoms with Gasteiger partial charge in [-0.05, 0) is 73.7 Å². The van der Waals surface area contributed by atoms with Gasteiger partial charge in [0.1, 0.15) is 17.5 Å². The highest BCUT2D eigenvalue weighted by molar-refractivity contribution is 7.91. The first-order chi connectivity index (χ1) is 20.2. The Morgan fingerprint density at radius 3 is 2.69 bits per heavy atom. The number of alkyl halides is 2. The number of halogens is 2. The van der Waals surface area contributed by atoms with Gasteiger partial charge in [-0.3, -0.25) is 9.36 Å². The summed E-state index contributed by atoms with van der Waals surface area (Å²) in [7, 11) is 0. The maximum absolute atomic E-state index is 13.9. The van der Waals surface area contributed by atoms with Crippen molar-refractivity contribution in [1.82, 2.24) is 19.9 Å². The molecule has 0 bridgehead atoms. The maximum Gasteiger partial charge on any atom is 0.289 e. The van der Waals surface area contributed by atoms with Gasteiger partial charge in [-0.2, -0.15) is 4.98 Å². The van der Waals surface area contributed by atoms with Crippen LogP contribution in [0.15, 0.2) is 57.7 Å². The zero-order valence-corrected chi connectivity index (χ0v) is 24.9. The maximum atomic E-state index is 13.9. The van der Waals surface area contributed by atoms with Crippen LogP contribution in [0.2, 0.25) is 0 Å². The molecule has 42 heavy (non-hydrogen) atoms. The van der Waals surface area contributed by atoms with Gasteiger partial charge in [-0.25, -0.2) is 13.8 Å². The van der Waals surface area contributed by atoms with E-state index in [9.17, 15) is 18.1 Å². The molecule has 1 aromatic carbocycles. The van der Waals surface area contributed by atoms with Crippen molar-refractivity contribution in [1.29, 1.82) is 0 Å². The minimum atomic E-state index is -3.04. The van der Waals surface area contributed by atoms with Gasteiger partial charge in [0.15, 0.2) is 10.6 Å². The van der Waals surface area contributed by atoms with E-state index in [2.05, 4.69) is 15.6 Å². The van der Waals surface area contributed by atoms with Crippen LogP contribution in [0.1, 0.15) is 51.5 Å². The first-order valence-corrected chi connectivity index (χ1v) is 16.5. The molecule has 12 heteroatoms. The van der Waals surface area contributed by atoms with Gasteiger partial charge in [-0.1, -0.05) is 12.8 Å². The first kappa shape index (κ1) is 29.0. The number of hydrogen-bond acceptors (Lipinski definition) is 8. The lowest BCUT2D eigenvalue weighted by atomic mass is 10.1. The third kappa shape index (κ3) is 6.61. The summed E-state index contributed by atoms with van der Waals surface area (Å²) in [6.07, 6.45) is 7.79. The van der Waals surface area contributed by atoms with Crippen LogP contribution in [-0.4, -0.2) is 50.0 Å². The van der Waals surface area contributed by atoms with Crippen molar-refractivity contribution >= 4 is 45.2 Å². The first-order valence-electron chi connectivity index (χ1n) is 14.3. The Balaban J connectivity index is 1.29. The van der Waals surface area contributed by atoms with Crippen molar-refractivity contribution in [3.8, 4) is 16.2 Å². The quantitative estimate of drug-likeness (QED) is 0.214. The third-order valence-corrected chi connectivity index (χ3v) is 10.3. The Hall–Kier alpha value is -3.06. The van der Waals surface area contributed by atoms with Gasteiger partial charge in [0.05, 0.1) is 5.56 Å². The van der Waals surface area contributed by atoms with E-state index in [1.54, 1.807) is 28.3 Å². The van der Waals surface area contributed by atoms with E-state index in [0.717, 1.165) is 70.0 Å². The lowest BCUT2D eigenvalue weighted by Crippen LogP contribution is -2.37. The van der Waals surface area contributed by atoms with Crippen molar-refractivity contribution in [2.24, 2.45) is 0 Å². The molecule has 3 aromatic heterocycles. The molecule has 1 saturated carbocycles. The number of nitrogens with one attached hydrogen (secondary N) is 2. The molecule has 222 valence electrons. The fourth-order valence-electron chi connectivity index (χ4n) is 5.61. The molecule has 0 amide bonds. The predicted molar refractivity (Wildman–Crippen MR) is 163 cm³/mol. The summed E-state index contributed by atoms with van der Waals surface area (Å²) < 4.78 is 47.2. The summed E-state index contributed by atoms with van der Waals surface area (Å²) >= 11 is -0.636. The van der Waals surface area contributed by atoms with Crippen LogP contribution in [0.25, 0.3) is 21.5 Å². The number of hydrogen-bond donors (Lipinski definition) is 2. The summed E-state index contributed by atoms with van der Waals surface area (Å²) in [6, 6.07) is 11.0. The number of anilines is 2. The monoisotopic (exact) mass is 613 g/mol. The van der Waals surface area contributed by atoms with Gasteiger partial charge in [0.25, 0.3) is 11.5 Å². The van der Waals surface area contributed by atoms with Crippen molar-refractivity contribution in [2.45, 2.75) is 68.4 Å². The lowest BCUT2D eigenvalue weighted by Gasteiger charge is -2.24. The van der Waals surface area contributed by atoms with Crippen LogP contribution in [-0.2, 0) is 11.2 Å². The van der Waals surface area contributed by atoms with Crippen molar-refractivity contribution in [2.75, 3.05) is 24.2 Å². The van der Waals surface area contributed by atoms with Gasteiger partial charge < -0.3 is 19.9 Å². The smallest absolute Gasteiger partial charge is 0.289 e. The van der Waals surface area contributed by atoms with E-state index in [1.807, 2.05) is 24.3 Å². The second kappa shape index (κ2) is 12.3. The molecule has 1 aliphatic heterocycles. The molecule has 8 nitrogen and oxygen atoms in total. The highest BCUT2D eigenvalue weighted by Gasteiger charge is 2.31. The molecule has 6 rings (SSSR count). The molecule has 2 fully saturated rings. The Kier molecular flexibility index (Phi) is 8.49. The fraction of sp³-hybridized carbons (Fsp3) is 0.433. The molecule has 0 spiro atoms. The van der Waals surface area contributed by atoms with Crippen LogP contribution in [0.3, 0.4) is 0 Å². The molecule has 2 aliphatic rings. The molecule has 4 aromatic rings. The number of pyridine rings is 1. The van der Waals surface area contributed by atoms with Crippen molar-refractivity contribution < 1.29 is 18.1 Å². The van der Waals surface area contributed by atoms with E-state index in [4.69, 9.17) is 9.72 Å². The van der Waals surface area contributed by atoms with Gasteiger partial charge in [0.2, 0.25) is 5.95 Å². The van der Waals surface area contributed by atoms with Crippen molar-refractivity contribution in [3.63, 3.8) is 0 Å². The van der Waals surface area contributed by atoms with Gasteiger partial charge in [-0.15, -0.1) is 11.3 Å². The Morgan fingerprint density at radius 1 is 1.19 bits per heavy atom. The van der Waals surface area contributed by atoms with E-state index in [-0.39, 0.29) is 17.7 Å². The minimum absolute atomic E-state index is 0.000701. The summed E-state index contributed by atoms with van der Waals surface area (Å²) in [6.45, 7) is 2.63. The summed E-state index contributed by atoms with van der Waals surface area (Å²) in [5.74, 6) is -2.62. The molecule has 1 aliphatic carbocycles. The second-order valence-corrected chi connectivity index (χ2v) is 13.4. The number of thiophene rings is 1. The van der Waals surface area contributed by atoms with Gasteiger partial charge >= 0.3 is 0 Å². The summed E-state index contributed by atoms with van der Waals surface area (Å²) in [5.41, 5.74) is 1.58. The average Bonchev–Trinajstić information content (AvgIpc) is 3.67. The largest absolute Gasteiger partial charge is 0.611 e. The zero-order valence-electron chi connectivity index (χ0n) is 23.3. The average molecular weight is 614 g/mol. The molecule has 4 heterocycles. The standard InChI is InChI=1S/C30H33F2N5O3S2/c1-30(31,32)18-42(39)24-14-26(41-17-24)25-13-19-15-34-29(36-27(19)37(28(25)38)21-5-2-3-6-21)35-20-8-10-22(11-9-20)40-23-7-4-12-33-16-23/h8-11,13-15,17,21,23,33H,2-7,12,16,18H2,1H3,(H,34,35,36). The lowest BCUT2D eigenvalue weighted by molar-refractivity contribution is 0.0473. The SMILES string of the molecule is CC(F)(F)C[S+]([O-])c1csc(-c2cc3cnc(Nc4ccc(OC5CCCNC5)cc4)nc3n(C3CCCC3)c2=O)c1. The highest BCUT2D eigenvalue weighted by Crippen LogP contribution is 2.35. The molecular weight excluding hydrogens is 580 g/mol. The molecule has 2 N–H and O–H groups in total. The van der Waals surface area contributed by atoms with E-state index in [0.29, 0.717) is 32.3 Å². The number of ether oxygens (including phenoxy) is 1. The Bertz CT molecular complexity index is 1590. The molecule has 0 radical (unpaired) electrons. The van der Waals surface area contributed by atoms with E-state index >= 15 is 0 Å². The zero-order chi connectivity index (χ0) is 29.3. The fourth-order valence-corrected chi connectivity index (χ4v) is 7.91. The van der Waals surface area contributed by atoms with E-state index in [1.165, 1.54) is 11.3 Å². The number of rotatable bonds is 9. The number of aromatic nitrogens is 3. The predicted octanol–water partition coefficient (Wildman–Crippen LogP) is 6.27. The Labute approximate surface area is 249 Å². The molecule has 2 atom stereocenters. The highest BCUT2D eigenvalue weighted by atomic mass is 32.2. The molecule has 2 unspecified atom stereocenters. The van der Waals surface area contributed by atoms with Crippen LogP contribution in [0, 0.1) is 0 Å². The van der Waals surface area contributed by atoms with Crippen LogP contribution in [0.5, 0.6) is 5.75 Å². The third-order valence-electron chi connectivity index (χ3n) is 7.62. The second-order valence-electron chi connectivity index (χ2n) is 11.1. The molecule has 1 saturated heterocycles. The Morgan fingerprint density at radius 2 is 1.98 bits per heavy atom. The van der Waals surface area contributed by atoms with Crippen LogP contribution >= 0.6 is 11.3 Å². The topological polar surface area (TPSA) is 104 Å². The minimum Gasteiger partial charge on any atom is -0.611 e. The number of piperidine rings is 1. The molecular formula is C30H33F2N5O3S2. The van der Waals surface area contributed by atoms with Crippen molar-refractivity contribution in [3.05, 3.63) is 58.3 Å². The number of fused-ring (bicyclic) bond motifs is 1. The number of benzene rings is 1. The van der Waals surface area contributed by atoms with Crippen LogP contribution < -0.4 is 20.9 Å².